The summed E-state index contributed by atoms with van der Waals surface area (Å²) in [6.45, 7) is 8.26. The van der Waals surface area contributed by atoms with Gasteiger partial charge < -0.3 is 30.3 Å². The largest absolute Gasteiger partial charge is 0.481 e. The van der Waals surface area contributed by atoms with E-state index in [0.717, 1.165) is 13.1 Å². The van der Waals surface area contributed by atoms with Gasteiger partial charge in [0.25, 0.3) is 0 Å². The number of rotatable bonds is 11. The van der Waals surface area contributed by atoms with Crippen molar-refractivity contribution in [3.63, 3.8) is 0 Å². The number of carbonyl (C=O) groups excluding carboxylic acids is 3. The number of benzene rings is 1. The summed E-state index contributed by atoms with van der Waals surface area (Å²) < 4.78 is 27.2. The van der Waals surface area contributed by atoms with Crippen molar-refractivity contribution in [2.24, 2.45) is 5.41 Å². The van der Waals surface area contributed by atoms with E-state index in [0.29, 0.717) is 71.7 Å². The molecule has 3 amide bonds. The van der Waals surface area contributed by atoms with Crippen LogP contribution in [0.1, 0.15) is 51.2 Å². The van der Waals surface area contributed by atoms with Crippen molar-refractivity contribution in [1.82, 2.24) is 35.4 Å². The van der Waals surface area contributed by atoms with Gasteiger partial charge in [-0.25, -0.2) is 19.2 Å². The number of halogens is 3. The molecule has 4 aromatic rings. The summed E-state index contributed by atoms with van der Waals surface area (Å²) in [5.74, 6) is -0.171. The molecule has 3 aromatic heterocycles. The highest BCUT2D eigenvalue weighted by Gasteiger charge is 2.48. The zero-order chi connectivity index (χ0) is 39.8. The van der Waals surface area contributed by atoms with Gasteiger partial charge in [-0.3, -0.25) is 19.5 Å². The zero-order valence-corrected chi connectivity index (χ0v) is 33.1. The Balaban J connectivity index is 1.10. The molecular formula is C40H43Cl2FN8O5. The quantitative estimate of drug-likeness (QED) is 0.149. The molecule has 3 N–H and O–H groups in total. The number of ether oxygens (including phenoxy) is 2. The molecule has 16 heteroatoms. The monoisotopic (exact) mass is 804 g/mol. The van der Waals surface area contributed by atoms with E-state index in [-0.39, 0.29) is 58.1 Å². The van der Waals surface area contributed by atoms with Crippen molar-refractivity contribution in [1.29, 1.82) is 0 Å². The molecule has 0 unspecified atom stereocenters. The standard InChI is InChI=1S/C40H43Cl2FN8O5/c1-39(2,3)56-38(54)51(19-25-9-11-30(52)47-25)18-24-8-10-28(49-37(24)55-4)26-13-15-44-35(33(26)42)27-6-5-7-29(32(27)41)48-36-34(43)23(12-14-45-36)17-50-21-40(22-50)16-31(53)46-20-40/h5-8,10,12-15,25H,9,11,16-22H2,1-4H3,(H,45,48)(H,46,53)(H,47,52)/t25-/m0/s1. The lowest BCUT2D eigenvalue weighted by Gasteiger charge is -2.47. The first kappa shape index (κ1) is 39.2. The van der Waals surface area contributed by atoms with Crippen LogP contribution >= 0.6 is 23.2 Å². The van der Waals surface area contributed by atoms with Gasteiger partial charge in [0.05, 0.1) is 40.8 Å². The molecule has 1 aromatic carbocycles. The normalized spacial score (nSPS) is 17.7. The average Bonchev–Trinajstić information content (AvgIpc) is 3.74. The number of nitrogens with zero attached hydrogens (tertiary/aromatic N) is 5. The van der Waals surface area contributed by atoms with Crippen LogP contribution in [-0.4, -0.2) is 87.6 Å². The highest BCUT2D eigenvalue weighted by Crippen LogP contribution is 2.42. The number of pyridine rings is 3. The van der Waals surface area contributed by atoms with Crippen LogP contribution < -0.4 is 20.7 Å². The molecule has 1 atom stereocenters. The van der Waals surface area contributed by atoms with Crippen LogP contribution in [0.3, 0.4) is 0 Å². The third-order valence-electron chi connectivity index (χ3n) is 10.0. The molecular weight excluding hydrogens is 762 g/mol. The number of hydrogen-bond acceptors (Lipinski definition) is 10. The number of aromatic nitrogens is 3. The lowest BCUT2D eigenvalue weighted by atomic mass is 9.79. The number of anilines is 2. The third-order valence-corrected chi connectivity index (χ3v) is 10.8. The minimum absolute atomic E-state index is 0.0249. The van der Waals surface area contributed by atoms with Crippen molar-refractivity contribution in [2.45, 2.75) is 64.8 Å². The highest BCUT2D eigenvalue weighted by atomic mass is 35.5. The summed E-state index contributed by atoms with van der Waals surface area (Å²) in [6, 6.07) is 12.0. The number of amides is 3. The van der Waals surface area contributed by atoms with Gasteiger partial charge in [-0.1, -0.05) is 35.3 Å². The van der Waals surface area contributed by atoms with Crippen molar-refractivity contribution in [2.75, 3.05) is 38.6 Å². The Kier molecular flexibility index (Phi) is 11.1. The Hall–Kier alpha value is -5.05. The molecule has 0 radical (unpaired) electrons. The summed E-state index contributed by atoms with van der Waals surface area (Å²) in [5, 5.41) is 9.40. The maximum atomic E-state index is 15.8. The fourth-order valence-corrected chi connectivity index (χ4v) is 8.00. The van der Waals surface area contributed by atoms with E-state index in [1.807, 2.05) is 6.07 Å². The van der Waals surface area contributed by atoms with E-state index in [1.165, 1.54) is 12.0 Å². The molecule has 3 aliphatic heterocycles. The summed E-state index contributed by atoms with van der Waals surface area (Å²) in [4.78, 5) is 54.1. The third kappa shape index (κ3) is 8.52. The van der Waals surface area contributed by atoms with Gasteiger partial charge in [0.1, 0.15) is 5.60 Å². The van der Waals surface area contributed by atoms with Gasteiger partial charge >= 0.3 is 6.09 Å². The SMILES string of the molecule is COc1nc(-c2ccnc(-c3cccc(Nc4nccc(CN5CC6(CNC(=O)C6)C5)c4F)c3Cl)c2Cl)ccc1CN(C[C@@H]1CCC(=O)N1)C(=O)OC(C)(C)C. The molecule has 7 rings (SSSR count). The van der Waals surface area contributed by atoms with Gasteiger partial charge in [-0.2, -0.15) is 0 Å². The molecule has 0 aliphatic carbocycles. The lowest BCUT2D eigenvalue weighted by molar-refractivity contribution is -0.121. The van der Waals surface area contributed by atoms with E-state index in [4.69, 9.17) is 37.7 Å². The van der Waals surface area contributed by atoms with E-state index in [1.54, 1.807) is 69.6 Å². The van der Waals surface area contributed by atoms with Gasteiger partial charge in [0.2, 0.25) is 17.7 Å². The van der Waals surface area contributed by atoms with Crippen molar-refractivity contribution < 1.29 is 28.2 Å². The van der Waals surface area contributed by atoms with E-state index in [9.17, 15) is 14.4 Å². The van der Waals surface area contributed by atoms with Gasteiger partial charge in [-0.05, 0) is 57.5 Å². The molecule has 56 heavy (non-hydrogen) atoms. The Morgan fingerprint density at radius 3 is 2.52 bits per heavy atom. The summed E-state index contributed by atoms with van der Waals surface area (Å²) in [5.41, 5.74) is 2.66. The molecule has 3 fully saturated rings. The molecule has 0 saturated carbocycles. The van der Waals surface area contributed by atoms with Crippen LogP contribution in [0.2, 0.25) is 10.0 Å². The van der Waals surface area contributed by atoms with Crippen LogP contribution in [0, 0.1) is 11.2 Å². The molecule has 0 bridgehead atoms. The van der Waals surface area contributed by atoms with Crippen LogP contribution in [0.4, 0.5) is 20.7 Å². The van der Waals surface area contributed by atoms with Crippen molar-refractivity contribution in [3.8, 4) is 28.4 Å². The van der Waals surface area contributed by atoms with Crippen molar-refractivity contribution >= 4 is 52.6 Å². The topological polar surface area (TPSA) is 151 Å². The molecule has 6 heterocycles. The lowest BCUT2D eigenvalue weighted by Crippen LogP contribution is -2.56. The maximum absolute atomic E-state index is 15.8. The fourth-order valence-electron chi connectivity index (χ4n) is 7.42. The Morgan fingerprint density at radius 2 is 1.82 bits per heavy atom. The molecule has 13 nitrogen and oxygen atoms in total. The predicted molar refractivity (Wildman–Crippen MR) is 210 cm³/mol. The molecule has 3 saturated heterocycles. The number of carbonyl (C=O) groups is 3. The van der Waals surface area contributed by atoms with Gasteiger partial charge in [-0.15, -0.1) is 0 Å². The summed E-state index contributed by atoms with van der Waals surface area (Å²) >= 11 is 14.0. The highest BCUT2D eigenvalue weighted by molar-refractivity contribution is 6.39. The molecule has 3 aliphatic rings. The number of hydrogen-bond donors (Lipinski definition) is 3. The van der Waals surface area contributed by atoms with Gasteiger partial charge in [0.15, 0.2) is 11.6 Å². The fraction of sp³-hybridized carbons (Fsp3) is 0.400. The predicted octanol–water partition coefficient (Wildman–Crippen LogP) is 6.74. The second-order valence-electron chi connectivity index (χ2n) is 15.6. The first-order chi connectivity index (χ1) is 26.7. The van der Waals surface area contributed by atoms with E-state index < -0.39 is 17.5 Å². The van der Waals surface area contributed by atoms with Crippen LogP contribution in [0.25, 0.3) is 22.5 Å². The van der Waals surface area contributed by atoms with Crippen LogP contribution in [-0.2, 0) is 27.4 Å². The van der Waals surface area contributed by atoms with Crippen LogP contribution in [0.15, 0.2) is 54.9 Å². The Morgan fingerprint density at radius 1 is 1.04 bits per heavy atom. The molecule has 1 spiro atoms. The zero-order valence-electron chi connectivity index (χ0n) is 31.5. The van der Waals surface area contributed by atoms with E-state index in [2.05, 4.69) is 30.8 Å². The second kappa shape index (κ2) is 15.8. The first-order valence-corrected chi connectivity index (χ1v) is 19.1. The Bertz CT molecular complexity index is 2180. The summed E-state index contributed by atoms with van der Waals surface area (Å²) in [7, 11) is 1.49. The number of methoxy groups -OCH3 is 1. The minimum atomic E-state index is -0.719. The maximum Gasteiger partial charge on any atom is 0.410 e. The number of likely N-dealkylation sites (tertiary alicyclic amines) is 1. The smallest absolute Gasteiger partial charge is 0.410 e. The first-order valence-electron chi connectivity index (χ1n) is 18.4. The van der Waals surface area contributed by atoms with Crippen molar-refractivity contribution in [3.05, 3.63) is 81.8 Å². The van der Waals surface area contributed by atoms with E-state index >= 15 is 4.39 Å². The molecule has 294 valence electrons. The van der Waals surface area contributed by atoms with Crippen LogP contribution in [0.5, 0.6) is 5.88 Å². The number of nitrogens with one attached hydrogen (secondary N) is 3. The average molecular weight is 806 g/mol. The summed E-state index contributed by atoms with van der Waals surface area (Å²) in [6.07, 6.45) is 4.14. The Labute approximate surface area is 334 Å². The minimum Gasteiger partial charge on any atom is -0.481 e. The van der Waals surface area contributed by atoms with Gasteiger partial charge in [0, 0.05) is 91.7 Å². The second-order valence-corrected chi connectivity index (χ2v) is 16.3.